The molecule has 2 N–H and O–H groups in total. The highest BCUT2D eigenvalue weighted by molar-refractivity contribution is 9.10. The Balaban J connectivity index is 2.17. The molecule has 1 heterocycles. The zero-order chi connectivity index (χ0) is 12.3. The summed E-state index contributed by atoms with van der Waals surface area (Å²) in [6, 6.07) is 7.68. The van der Waals surface area contributed by atoms with Gasteiger partial charge in [0.1, 0.15) is 6.07 Å². The molecule has 0 fully saturated rings. The number of rotatable bonds is 3. The van der Waals surface area contributed by atoms with E-state index in [2.05, 4.69) is 37.3 Å². The summed E-state index contributed by atoms with van der Waals surface area (Å²) < 4.78 is 0.942. The summed E-state index contributed by atoms with van der Waals surface area (Å²) in [7, 11) is 0. The minimum atomic E-state index is 0.598. The predicted octanol–water partition coefficient (Wildman–Crippen LogP) is 2.96. The van der Waals surface area contributed by atoms with Gasteiger partial charge in [0.05, 0.1) is 29.8 Å². The van der Waals surface area contributed by atoms with Crippen LogP contribution >= 0.6 is 15.9 Å². The highest BCUT2D eigenvalue weighted by Gasteiger charge is 2.04. The molecule has 0 spiro atoms. The van der Waals surface area contributed by atoms with Crippen molar-refractivity contribution in [3.63, 3.8) is 0 Å². The van der Waals surface area contributed by atoms with Gasteiger partial charge < -0.3 is 10.3 Å². The summed E-state index contributed by atoms with van der Waals surface area (Å²) >= 11 is 3.39. The van der Waals surface area contributed by atoms with Gasteiger partial charge in [-0.1, -0.05) is 15.9 Å². The van der Waals surface area contributed by atoms with Gasteiger partial charge in [-0.2, -0.15) is 5.26 Å². The van der Waals surface area contributed by atoms with Crippen LogP contribution in [0, 0.1) is 18.3 Å². The second-order valence-electron chi connectivity index (χ2n) is 3.63. The van der Waals surface area contributed by atoms with Crippen molar-refractivity contribution in [2.45, 2.75) is 13.5 Å². The van der Waals surface area contributed by atoms with Crippen LogP contribution in [0.15, 0.2) is 29.0 Å². The average Bonchev–Trinajstić information content (AvgIpc) is 2.72. The molecule has 86 valence electrons. The normalized spacial score (nSPS) is 9.94. The monoisotopic (exact) mass is 290 g/mol. The molecule has 0 aliphatic carbocycles. The van der Waals surface area contributed by atoms with E-state index in [4.69, 9.17) is 5.26 Å². The summed E-state index contributed by atoms with van der Waals surface area (Å²) in [5.74, 6) is 0. The zero-order valence-corrected chi connectivity index (χ0v) is 10.9. The first kappa shape index (κ1) is 11.7. The molecule has 0 unspecified atom stereocenters. The maximum absolute atomic E-state index is 8.99. The smallest absolute Gasteiger partial charge is 0.101 e. The maximum atomic E-state index is 8.99. The largest absolute Gasteiger partial charge is 0.378 e. The number of nitriles is 1. The number of imidazole rings is 1. The van der Waals surface area contributed by atoms with Crippen molar-refractivity contribution in [3.05, 3.63) is 46.0 Å². The van der Waals surface area contributed by atoms with Gasteiger partial charge in [0.25, 0.3) is 0 Å². The highest BCUT2D eigenvalue weighted by Crippen LogP contribution is 2.21. The molecule has 0 saturated carbocycles. The molecular weight excluding hydrogens is 280 g/mol. The maximum Gasteiger partial charge on any atom is 0.101 e. The fourth-order valence-electron chi connectivity index (χ4n) is 1.50. The van der Waals surface area contributed by atoms with Gasteiger partial charge in [-0.15, -0.1) is 0 Å². The molecule has 0 aliphatic heterocycles. The van der Waals surface area contributed by atoms with Gasteiger partial charge in [-0.05, 0) is 25.1 Å². The summed E-state index contributed by atoms with van der Waals surface area (Å²) in [6.07, 6.45) is 1.67. The quantitative estimate of drug-likeness (QED) is 0.913. The minimum Gasteiger partial charge on any atom is -0.378 e. The highest BCUT2D eigenvalue weighted by atomic mass is 79.9. The standard InChI is InChI=1S/C12H11BrN4/c1-8-12(17-7-16-8)6-15-11-4-10(13)3-2-9(11)5-14/h2-4,7,15H,6H2,1H3,(H,16,17). The molecule has 0 radical (unpaired) electrons. The lowest BCUT2D eigenvalue weighted by molar-refractivity contribution is 1.05. The Hall–Kier alpha value is -1.80. The molecule has 0 aliphatic rings. The summed E-state index contributed by atoms with van der Waals surface area (Å²) in [4.78, 5) is 7.22. The number of halogens is 1. The van der Waals surface area contributed by atoms with Crippen molar-refractivity contribution in [2.75, 3.05) is 5.32 Å². The van der Waals surface area contributed by atoms with Crippen LogP contribution in [-0.2, 0) is 6.54 Å². The topological polar surface area (TPSA) is 64.5 Å². The molecule has 2 aromatic rings. The van der Waals surface area contributed by atoms with E-state index in [1.54, 1.807) is 12.4 Å². The van der Waals surface area contributed by atoms with Crippen molar-refractivity contribution in [1.82, 2.24) is 9.97 Å². The average molecular weight is 291 g/mol. The van der Waals surface area contributed by atoms with Crippen molar-refractivity contribution >= 4 is 21.6 Å². The Bertz CT molecular complexity index is 568. The number of nitrogens with one attached hydrogen (secondary N) is 2. The van der Waals surface area contributed by atoms with Gasteiger partial charge in [-0.25, -0.2) is 4.98 Å². The van der Waals surface area contributed by atoms with Crippen molar-refractivity contribution in [2.24, 2.45) is 0 Å². The van der Waals surface area contributed by atoms with Crippen LogP contribution in [0.5, 0.6) is 0 Å². The number of anilines is 1. The third kappa shape index (κ3) is 2.66. The molecule has 5 heteroatoms. The van der Waals surface area contributed by atoms with Gasteiger partial charge in [0.2, 0.25) is 0 Å². The molecule has 0 saturated heterocycles. The van der Waals surface area contributed by atoms with Gasteiger partial charge in [0, 0.05) is 10.2 Å². The lowest BCUT2D eigenvalue weighted by atomic mass is 10.2. The molecule has 0 bridgehead atoms. The van der Waals surface area contributed by atoms with Crippen LogP contribution in [-0.4, -0.2) is 9.97 Å². The molecule has 4 nitrogen and oxygen atoms in total. The lowest BCUT2D eigenvalue weighted by Gasteiger charge is -2.07. The molecule has 17 heavy (non-hydrogen) atoms. The number of hydrogen-bond donors (Lipinski definition) is 2. The van der Waals surface area contributed by atoms with E-state index in [9.17, 15) is 0 Å². The summed E-state index contributed by atoms with van der Waals surface area (Å²) in [5.41, 5.74) is 3.42. The van der Waals surface area contributed by atoms with Crippen molar-refractivity contribution in [3.8, 4) is 6.07 Å². The van der Waals surface area contributed by atoms with Crippen molar-refractivity contribution in [1.29, 1.82) is 5.26 Å². The SMILES string of the molecule is Cc1[nH]cnc1CNc1cc(Br)ccc1C#N. The number of nitrogens with zero attached hydrogens (tertiary/aromatic N) is 2. The molecule has 2 rings (SSSR count). The first-order chi connectivity index (χ1) is 8.20. The molecule has 0 atom stereocenters. The Labute approximate surface area is 108 Å². The van der Waals surface area contributed by atoms with Gasteiger partial charge >= 0.3 is 0 Å². The molecule has 1 aromatic heterocycles. The molecule has 1 aromatic carbocycles. The van der Waals surface area contributed by atoms with E-state index in [-0.39, 0.29) is 0 Å². The molecule has 0 amide bonds. The van der Waals surface area contributed by atoms with Crippen LogP contribution in [0.3, 0.4) is 0 Å². The Kier molecular flexibility index (Phi) is 3.45. The molecular formula is C12H11BrN4. The number of hydrogen-bond acceptors (Lipinski definition) is 3. The second-order valence-corrected chi connectivity index (χ2v) is 4.55. The number of aryl methyl sites for hydroxylation is 1. The lowest BCUT2D eigenvalue weighted by Crippen LogP contribution is -2.03. The third-order valence-corrected chi connectivity index (χ3v) is 2.98. The fraction of sp³-hybridized carbons (Fsp3) is 0.167. The van der Waals surface area contributed by atoms with E-state index in [1.165, 1.54) is 0 Å². The van der Waals surface area contributed by atoms with Crippen molar-refractivity contribution < 1.29 is 0 Å². The number of benzene rings is 1. The first-order valence-corrected chi connectivity index (χ1v) is 5.92. The van der Waals surface area contributed by atoms with Crippen LogP contribution < -0.4 is 5.32 Å². The van der Waals surface area contributed by atoms with Crippen LogP contribution in [0.25, 0.3) is 0 Å². The van der Waals surface area contributed by atoms with E-state index in [1.807, 2.05) is 19.1 Å². The fourth-order valence-corrected chi connectivity index (χ4v) is 1.87. The summed E-state index contributed by atoms with van der Waals surface area (Å²) in [5, 5.41) is 12.2. The van der Waals surface area contributed by atoms with E-state index < -0.39 is 0 Å². The number of aromatic amines is 1. The van der Waals surface area contributed by atoms with Gasteiger partial charge in [0.15, 0.2) is 0 Å². The third-order valence-electron chi connectivity index (χ3n) is 2.48. The Morgan fingerprint density at radius 2 is 2.35 bits per heavy atom. The van der Waals surface area contributed by atoms with Crippen LogP contribution in [0.1, 0.15) is 17.0 Å². The number of H-pyrrole nitrogens is 1. The second kappa shape index (κ2) is 5.02. The number of aromatic nitrogens is 2. The van der Waals surface area contributed by atoms with Crippen LogP contribution in [0.4, 0.5) is 5.69 Å². The Morgan fingerprint density at radius 1 is 1.53 bits per heavy atom. The summed E-state index contributed by atoms with van der Waals surface area (Å²) in [6.45, 7) is 2.57. The zero-order valence-electron chi connectivity index (χ0n) is 9.29. The first-order valence-electron chi connectivity index (χ1n) is 5.13. The minimum absolute atomic E-state index is 0.598. The van der Waals surface area contributed by atoms with E-state index in [0.29, 0.717) is 12.1 Å². The Morgan fingerprint density at radius 3 is 3.00 bits per heavy atom. The van der Waals surface area contributed by atoms with E-state index >= 15 is 0 Å². The predicted molar refractivity (Wildman–Crippen MR) is 69.5 cm³/mol. The van der Waals surface area contributed by atoms with Crippen LogP contribution in [0.2, 0.25) is 0 Å². The van der Waals surface area contributed by atoms with Gasteiger partial charge in [-0.3, -0.25) is 0 Å². The van der Waals surface area contributed by atoms with E-state index in [0.717, 1.165) is 21.5 Å².